The van der Waals surface area contributed by atoms with Crippen molar-refractivity contribution in [2.24, 2.45) is 0 Å². The van der Waals surface area contributed by atoms with Crippen LogP contribution in [0.1, 0.15) is 16.1 Å². The van der Waals surface area contributed by atoms with Crippen molar-refractivity contribution in [3.05, 3.63) is 48.0 Å². The van der Waals surface area contributed by atoms with Gasteiger partial charge >= 0.3 is 0 Å². The molecule has 2 aromatic rings. The van der Waals surface area contributed by atoms with Crippen LogP contribution in [0.4, 0.5) is 0 Å². The van der Waals surface area contributed by atoms with E-state index in [0.717, 1.165) is 23.1 Å². The van der Waals surface area contributed by atoms with Crippen LogP contribution >= 0.6 is 0 Å². The Morgan fingerprint density at radius 3 is 2.80 bits per heavy atom. The number of pyridine rings is 2. The van der Waals surface area contributed by atoms with Gasteiger partial charge in [-0.05, 0) is 30.7 Å². The molecule has 0 aliphatic rings. The Kier molecular flexibility index (Phi) is 2.54. The maximum absolute atomic E-state index is 10.6. The van der Waals surface area contributed by atoms with Crippen LogP contribution in [0.2, 0.25) is 0 Å². The molecule has 3 nitrogen and oxygen atoms in total. The van der Waals surface area contributed by atoms with E-state index in [0.29, 0.717) is 5.56 Å². The zero-order valence-corrected chi connectivity index (χ0v) is 8.34. The van der Waals surface area contributed by atoms with Gasteiger partial charge in [-0.1, -0.05) is 0 Å². The highest BCUT2D eigenvalue weighted by atomic mass is 16.1. The maximum atomic E-state index is 10.6. The average molecular weight is 198 g/mol. The molecule has 3 heteroatoms. The second kappa shape index (κ2) is 4.00. The lowest BCUT2D eigenvalue weighted by molar-refractivity contribution is 0.112. The quantitative estimate of drug-likeness (QED) is 0.695. The molecule has 0 aliphatic carbocycles. The van der Waals surface area contributed by atoms with Crippen molar-refractivity contribution in [2.75, 3.05) is 0 Å². The minimum Gasteiger partial charge on any atom is -0.298 e. The minimum absolute atomic E-state index is 0.585. The number of carbonyl (C=O) groups is 1. The monoisotopic (exact) mass is 198 g/mol. The van der Waals surface area contributed by atoms with Gasteiger partial charge in [0.1, 0.15) is 0 Å². The highest BCUT2D eigenvalue weighted by molar-refractivity contribution is 5.77. The Morgan fingerprint density at radius 2 is 2.07 bits per heavy atom. The fraction of sp³-hybridized carbons (Fsp3) is 0.0833. The molecule has 0 bridgehead atoms. The van der Waals surface area contributed by atoms with Gasteiger partial charge < -0.3 is 0 Å². The molecule has 0 unspecified atom stereocenters. The summed E-state index contributed by atoms with van der Waals surface area (Å²) in [5.41, 5.74) is 3.50. The number of rotatable bonds is 2. The van der Waals surface area contributed by atoms with E-state index in [4.69, 9.17) is 0 Å². The molecule has 0 saturated heterocycles. The van der Waals surface area contributed by atoms with E-state index in [1.807, 2.05) is 25.1 Å². The van der Waals surface area contributed by atoms with E-state index in [9.17, 15) is 4.79 Å². The van der Waals surface area contributed by atoms with Crippen LogP contribution in [0.15, 0.2) is 36.8 Å². The Hall–Kier alpha value is -2.03. The molecule has 0 aliphatic heterocycles. The van der Waals surface area contributed by atoms with Crippen molar-refractivity contribution >= 4 is 6.29 Å². The molecule has 0 fully saturated rings. The van der Waals surface area contributed by atoms with E-state index in [1.54, 1.807) is 18.6 Å². The van der Waals surface area contributed by atoms with Gasteiger partial charge in [0.05, 0.1) is 0 Å². The van der Waals surface area contributed by atoms with E-state index in [2.05, 4.69) is 9.97 Å². The number of aryl methyl sites for hydroxylation is 1. The molecule has 0 atom stereocenters. The van der Waals surface area contributed by atoms with E-state index >= 15 is 0 Å². The fourth-order valence-corrected chi connectivity index (χ4v) is 1.41. The largest absolute Gasteiger partial charge is 0.298 e. The topological polar surface area (TPSA) is 42.9 Å². The first-order chi connectivity index (χ1) is 7.29. The normalized spacial score (nSPS) is 9.93. The van der Waals surface area contributed by atoms with Crippen LogP contribution in [0.5, 0.6) is 0 Å². The van der Waals surface area contributed by atoms with E-state index in [-0.39, 0.29) is 0 Å². The number of nitrogens with zero attached hydrogens (tertiary/aromatic N) is 2. The van der Waals surface area contributed by atoms with Gasteiger partial charge in [0.15, 0.2) is 6.29 Å². The third-order valence-corrected chi connectivity index (χ3v) is 2.13. The van der Waals surface area contributed by atoms with E-state index in [1.165, 1.54) is 0 Å². The summed E-state index contributed by atoms with van der Waals surface area (Å²) < 4.78 is 0. The molecular weight excluding hydrogens is 188 g/mol. The molecule has 0 spiro atoms. The van der Waals surface area contributed by atoms with Gasteiger partial charge in [0.2, 0.25) is 0 Å². The summed E-state index contributed by atoms with van der Waals surface area (Å²) in [4.78, 5) is 18.7. The number of hydrogen-bond donors (Lipinski definition) is 0. The van der Waals surface area contributed by atoms with Crippen molar-refractivity contribution < 1.29 is 4.79 Å². The van der Waals surface area contributed by atoms with Gasteiger partial charge in [0, 0.05) is 35.4 Å². The Bertz CT molecular complexity index is 494. The molecule has 74 valence electrons. The SMILES string of the molecule is Cc1cc(-c2cncc(C=O)c2)ccn1. The summed E-state index contributed by atoms with van der Waals surface area (Å²) >= 11 is 0. The van der Waals surface area contributed by atoms with Crippen LogP contribution in [-0.2, 0) is 0 Å². The lowest BCUT2D eigenvalue weighted by Crippen LogP contribution is -1.87. The Balaban J connectivity index is 2.49. The lowest BCUT2D eigenvalue weighted by Gasteiger charge is -2.02. The first-order valence-electron chi connectivity index (χ1n) is 4.63. The van der Waals surface area contributed by atoms with Crippen molar-refractivity contribution in [3.8, 4) is 11.1 Å². The molecule has 0 aromatic carbocycles. The average Bonchev–Trinajstić information content (AvgIpc) is 2.29. The zero-order valence-electron chi connectivity index (χ0n) is 8.34. The summed E-state index contributed by atoms with van der Waals surface area (Å²) in [5, 5.41) is 0. The Morgan fingerprint density at radius 1 is 1.20 bits per heavy atom. The molecule has 0 radical (unpaired) electrons. The first kappa shape index (κ1) is 9.52. The van der Waals surface area contributed by atoms with Gasteiger partial charge in [0.25, 0.3) is 0 Å². The van der Waals surface area contributed by atoms with Crippen LogP contribution in [0, 0.1) is 6.92 Å². The Labute approximate surface area is 87.8 Å². The summed E-state index contributed by atoms with van der Waals surface area (Å²) in [6.45, 7) is 1.93. The van der Waals surface area contributed by atoms with Crippen molar-refractivity contribution in [1.29, 1.82) is 0 Å². The molecule has 2 aromatic heterocycles. The van der Waals surface area contributed by atoms with Gasteiger partial charge in [-0.15, -0.1) is 0 Å². The summed E-state index contributed by atoms with van der Waals surface area (Å²) in [5.74, 6) is 0. The number of hydrogen-bond acceptors (Lipinski definition) is 3. The molecular formula is C12H10N2O. The molecule has 0 saturated carbocycles. The smallest absolute Gasteiger partial charge is 0.151 e. The number of aldehydes is 1. The van der Waals surface area contributed by atoms with Gasteiger partial charge in [-0.3, -0.25) is 14.8 Å². The van der Waals surface area contributed by atoms with Crippen LogP contribution < -0.4 is 0 Å². The summed E-state index contributed by atoms with van der Waals surface area (Å²) in [6.07, 6.45) is 5.83. The van der Waals surface area contributed by atoms with Gasteiger partial charge in [-0.25, -0.2) is 0 Å². The number of aromatic nitrogens is 2. The lowest BCUT2D eigenvalue weighted by atomic mass is 10.1. The predicted molar refractivity (Wildman–Crippen MR) is 57.6 cm³/mol. The highest BCUT2D eigenvalue weighted by Crippen LogP contribution is 2.18. The van der Waals surface area contributed by atoms with Gasteiger partial charge in [-0.2, -0.15) is 0 Å². The van der Waals surface area contributed by atoms with Crippen molar-refractivity contribution in [1.82, 2.24) is 9.97 Å². The second-order valence-electron chi connectivity index (χ2n) is 3.31. The molecule has 15 heavy (non-hydrogen) atoms. The third-order valence-electron chi connectivity index (χ3n) is 2.13. The van der Waals surface area contributed by atoms with Crippen LogP contribution in [0.25, 0.3) is 11.1 Å². The zero-order chi connectivity index (χ0) is 10.7. The number of carbonyl (C=O) groups excluding carboxylic acids is 1. The summed E-state index contributed by atoms with van der Waals surface area (Å²) in [7, 11) is 0. The minimum atomic E-state index is 0.585. The second-order valence-corrected chi connectivity index (χ2v) is 3.31. The van der Waals surface area contributed by atoms with E-state index < -0.39 is 0 Å². The predicted octanol–water partition coefficient (Wildman–Crippen LogP) is 2.26. The van der Waals surface area contributed by atoms with Crippen LogP contribution in [0.3, 0.4) is 0 Å². The fourth-order valence-electron chi connectivity index (χ4n) is 1.41. The highest BCUT2D eigenvalue weighted by Gasteiger charge is 1.99. The molecule has 0 N–H and O–H groups in total. The summed E-state index contributed by atoms with van der Waals surface area (Å²) in [6, 6.07) is 5.68. The standard InChI is InChI=1S/C12H10N2O/c1-9-4-11(2-3-14-9)12-5-10(8-15)6-13-7-12/h2-8H,1H3. The third kappa shape index (κ3) is 2.07. The molecule has 0 amide bonds. The van der Waals surface area contributed by atoms with Crippen LogP contribution in [-0.4, -0.2) is 16.3 Å². The van der Waals surface area contributed by atoms with Crippen molar-refractivity contribution in [3.63, 3.8) is 0 Å². The molecule has 2 rings (SSSR count). The molecule has 2 heterocycles. The first-order valence-corrected chi connectivity index (χ1v) is 4.63. The van der Waals surface area contributed by atoms with Crippen molar-refractivity contribution in [2.45, 2.75) is 6.92 Å². The maximum Gasteiger partial charge on any atom is 0.151 e.